The van der Waals surface area contributed by atoms with Crippen molar-refractivity contribution in [1.82, 2.24) is 5.06 Å². The van der Waals surface area contributed by atoms with Gasteiger partial charge in [0.2, 0.25) is 0 Å². The average Bonchev–Trinajstić information content (AvgIpc) is 2.95. The van der Waals surface area contributed by atoms with Crippen LogP contribution in [0.1, 0.15) is 32.6 Å². The first-order valence-corrected chi connectivity index (χ1v) is 7.15. The summed E-state index contributed by atoms with van der Waals surface area (Å²) in [6.45, 7) is 3.56. The van der Waals surface area contributed by atoms with Crippen molar-refractivity contribution in [3.63, 3.8) is 0 Å². The third kappa shape index (κ3) is 4.03. The fraction of sp³-hybridized carbons (Fsp3) is 0.714. The van der Waals surface area contributed by atoms with E-state index in [1.54, 1.807) is 12.0 Å². The molecule has 118 valence electrons. The average molecular weight is 299 g/mol. The van der Waals surface area contributed by atoms with Crippen LogP contribution in [0.15, 0.2) is 11.6 Å². The number of carbonyl (C=O) groups excluding carboxylic acids is 2. The molecule has 0 N–H and O–H groups in total. The number of esters is 1. The topological polar surface area (TPSA) is 74.3 Å². The van der Waals surface area contributed by atoms with Gasteiger partial charge in [-0.05, 0) is 19.3 Å². The minimum absolute atomic E-state index is 0.223. The van der Waals surface area contributed by atoms with E-state index in [1.807, 2.05) is 0 Å². The van der Waals surface area contributed by atoms with Crippen LogP contribution in [0.3, 0.4) is 0 Å². The predicted molar refractivity (Wildman–Crippen MR) is 71.7 cm³/mol. The van der Waals surface area contributed by atoms with Gasteiger partial charge in [0.1, 0.15) is 5.60 Å². The summed E-state index contributed by atoms with van der Waals surface area (Å²) in [5.74, 6) is -1.07. The quantitative estimate of drug-likeness (QED) is 0.438. The molecule has 2 saturated heterocycles. The summed E-state index contributed by atoms with van der Waals surface area (Å²) in [6.07, 6.45) is 3.97. The molecule has 2 aliphatic heterocycles. The Morgan fingerprint density at radius 3 is 2.52 bits per heavy atom. The zero-order valence-corrected chi connectivity index (χ0v) is 12.4. The van der Waals surface area contributed by atoms with Crippen LogP contribution in [-0.2, 0) is 28.9 Å². The van der Waals surface area contributed by atoms with E-state index in [2.05, 4.69) is 4.74 Å². The van der Waals surface area contributed by atoms with Gasteiger partial charge >= 0.3 is 11.9 Å². The van der Waals surface area contributed by atoms with Crippen molar-refractivity contribution < 1.29 is 28.9 Å². The molecule has 0 aromatic carbocycles. The lowest BCUT2D eigenvalue weighted by Gasteiger charge is -2.35. The largest absolute Gasteiger partial charge is 0.466 e. The van der Waals surface area contributed by atoms with Gasteiger partial charge in [0.15, 0.2) is 0 Å². The van der Waals surface area contributed by atoms with Gasteiger partial charge in [-0.1, -0.05) is 6.92 Å². The summed E-state index contributed by atoms with van der Waals surface area (Å²) in [5, 5.41) is 1.59. The Balaban J connectivity index is 1.83. The highest BCUT2D eigenvalue weighted by atomic mass is 17.2. The Morgan fingerprint density at radius 2 is 2.00 bits per heavy atom. The summed E-state index contributed by atoms with van der Waals surface area (Å²) in [6, 6.07) is 0. The smallest absolute Gasteiger partial charge is 0.350 e. The second-order valence-corrected chi connectivity index (χ2v) is 5.19. The fourth-order valence-electron chi connectivity index (χ4n) is 2.49. The summed E-state index contributed by atoms with van der Waals surface area (Å²) >= 11 is 0. The number of hydrogen-bond acceptors (Lipinski definition) is 7. The molecule has 0 radical (unpaired) electrons. The fourth-order valence-corrected chi connectivity index (χ4v) is 2.49. The van der Waals surface area contributed by atoms with Gasteiger partial charge in [-0.2, -0.15) is 0 Å². The van der Waals surface area contributed by atoms with E-state index in [-0.39, 0.29) is 5.60 Å². The van der Waals surface area contributed by atoms with Crippen LogP contribution < -0.4 is 0 Å². The molecule has 0 aromatic rings. The molecule has 0 unspecified atom stereocenters. The van der Waals surface area contributed by atoms with Crippen LogP contribution in [0, 0.1) is 0 Å². The lowest BCUT2D eigenvalue weighted by molar-refractivity contribution is -0.322. The molecular weight excluding hydrogens is 278 g/mol. The molecule has 2 fully saturated rings. The SMILES string of the molecule is CC/C(=C\C(=O)ON1CCC2(CCOO2)CC1)C(=O)OC. The number of piperidine rings is 1. The van der Waals surface area contributed by atoms with Crippen LogP contribution >= 0.6 is 0 Å². The zero-order chi connectivity index (χ0) is 15.3. The Labute approximate surface area is 123 Å². The number of nitrogens with zero attached hydrogens (tertiary/aromatic N) is 1. The molecule has 0 saturated carbocycles. The van der Waals surface area contributed by atoms with Crippen molar-refractivity contribution in [2.75, 3.05) is 26.8 Å². The highest BCUT2D eigenvalue weighted by Crippen LogP contribution is 2.34. The van der Waals surface area contributed by atoms with Gasteiger partial charge in [0.25, 0.3) is 0 Å². The molecule has 2 rings (SSSR count). The van der Waals surface area contributed by atoms with Crippen LogP contribution in [0.5, 0.6) is 0 Å². The number of rotatable bonds is 4. The summed E-state index contributed by atoms with van der Waals surface area (Å²) < 4.78 is 4.60. The van der Waals surface area contributed by atoms with Crippen molar-refractivity contribution in [3.05, 3.63) is 11.6 Å². The van der Waals surface area contributed by atoms with E-state index >= 15 is 0 Å². The summed E-state index contributed by atoms with van der Waals surface area (Å²) in [5.41, 5.74) is 0.0720. The minimum Gasteiger partial charge on any atom is -0.466 e. The van der Waals surface area contributed by atoms with Crippen molar-refractivity contribution in [1.29, 1.82) is 0 Å². The van der Waals surface area contributed by atoms with Crippen molar-refractivity contribution in [3.8, 4) is 0 Å². The third-order valence-electron chi connectivity index (χ3n) is 3.85. The van der Waals surface area contributed by atoms with Gasteiger partial charge in [0, 0.05) is 31.2 Å². The molecule has 2 heterocycles. The first-order valence-electron chi connectivity index (χ1n) is 7.15. The van der Waals surface area contributed by atoms with E-state index in [4.69, 9.17) is 14.6 Å². The van der Waals surface area contributed by atoms with Gasteiger partial charge in [-0.25, -0.2) is 19.4 Å². The lowest BCUT2D eigenvalue weighted by atomic mass is 9.90. The lowest BCUT2D eigenvalue weighted by Crippen LogP contribution is -2.44. The van der Waals surface area contributed by atoms with Crippen molar-refractivity contribution >= 4 is 11.9 Å². The maximum atomic E-state index is 11.8. The molecule has 0 atom stereocenters. The van der Waals surface area contributed by atoms with Gasteiger partial charge in [0.05, 0.1) is 13.7 Å². The Morgan fingerprint density at radius 1 is 1.29 bits per heavy atom. The maximum absolute atomic E-state index is 11.8. The monoisotopic (exact) mass is 299 g/mol. The summed E-state index contributed by atoms with van der Waals surface area (Å²) in [7, 11) is 1.28. The molecule has 0 aliphatic carbocycles. The van der Waals surface area contributed by atoms with Gasteiger partial charge in [-0.3, -0.25) is 0 Å². The molecule has 7 heteroatoms. The number of hydrogen-bond donors (Lipinski definition) is 0. The number of hydroxylamine groups is 2. The Hall–Kier alpha value is -1.44. The van der Waals surface area contributed by atoms with Gasteiger partial charge in [-0.15, -0.1) is 5.06 Å². The number of carbonyl (C=O) groups is 2. The van der Waals surface area contributed by atoms with E-state index in [0.717, 1.165) is 19.3 Å². The Bertz CT molecular complexity index is 417. The minimum atomic E-state index is -0.559. The van der Waals surface area contributed by atoms with Crippen LogP contribution in [0.2, 0.25) is 0 Å². The predicted octanol–water partition coefficient (Wildman–Crippen LogP) is 1.14. The van der Waals surface area contributed by atoms with Crippen molar-refractivity contribution in [2.24, 2.45) is 0 Å². The van der Waals surface area contributed by atoms with E-state index < -0.39 is 11.9 Å². The molecule has 0 aromatic heterocycles. The normalized spacial score (nSPS) is 22.3. The highest BCUT2D eigenvalue weighted by Gasteiger charge is 2.41. The van der Waals surface area contributed by atoms with Crippen LogP contribution in [0.4, 0.5) is 0 Å². The van der Waals surface area contributed by atoms with E-state index in [0.29, 0.717) is 31.7 Å². The molecule has 7 nitrogen and oxygen atoms in total. The van der Waals surface area contributed by atoms with Crippen LogP contribution in [0.25, 0.3) is 0 Å². The number of methoxy groups -OCH3 is 1. The molecule has 0 bridgehead atoms. The van der Waals surface area contributed by atoms with Crippen molar-refractivity contribution in [2.45, 2.75) is 38.2 Å². The molecule has 21 heavy (non-hydrogen) atoms. The second-order valence-electron chi connectivity index (χ2n) is 5.19. The van der Waals surface area contributed by atoms with Crippen LogP contribution in [-0.4, -0.2) is 49.4 Å². The molecule has 1 spiro atoms. The molecule has 0 amide bonds. The molecular formula is C14H21NO6. The Kier molecular flexibility index (Phi) is 5.33. The standard InChI is InChI=1S/C14H21NO6/c1-3-11(13(17)18-2)10-12(16)20-15-7-4-14(5-8-15)6-9-19-21-14/h10H,3-9H2,1-2H3/b11-10+. The zero-order valence-electron chi connectivity index (χ0n) is 12.4. The number of ether oxygens (including phenoxy) is 1. The van der Waals surface area contributed by atoms with E-state index in [1.165, 1.54) is 13.2 Å². The van der Waals surface area contributed by atoms with Gasteiger partial charge < -0.3 is 9.57 Å². The molecule has 2 aliphatic rings. The second kappa shape index (κ2) is 7.02. The first-order chi connectivity index (χ1) is 10.1. The highest BCUT2D eigenvalue weighted by molar-refractivity contribution is 5.96. The maximum Gasteiger partial charge on any atom is 0.350 e. The van der Waals surface area contributed by atoms with E-state index in [9.17, 15) is 9.59 Å². The first kappa shape index (κ1) is 15.9. The summed E-state index contributed by atoms with van der Waals surface area (Å²) in [4.78, 5) is 38.7. The third-order valence-corrected chi connectivity index (χ3v) is 3.85.